The highest BCUT2D eigenvalue weighted by Crippen LogP contribution is 2.31. The Hall–Kier alpha value is -4.20. The lowest BCUT2D eigenvalue weighted by Crippen LogP contribution is -2.41. The predicted molar refractivity (Wildman–Crippen MR) is 141 cm³/mol. The minimum Gasteiger partial charge on any atom is -0.496 e. The van der Waals surface area contributed by atoms with Gasteiger partial charge in [-0.3, -0.25) is 9.59 Å². The summed E-state index contributed by atoms with van der Waals surface area (Å²) >= 11 is 0. The van der Waals surface area contributed by atoms with Crippen molar-refractivity contribution >= 4 is 28.8 Å². The highest BCUT2D eigenvalue weighted by atomic mass is 16.5. The van der Waals surface area contributed by atoms with Crippen LogP contribution in [-0.4, -0.2) is 23.1 Å². The molecule has 0 radical (unpaired) electrons. The molecular formula is C27H29N5O3. The molecule has 0 bridgehead atoms. The number of nitrogens with one attached hydrogen (secondary N) is 3. The summed E-state index contributed by atoms with van der Waals surface area (Å²) in [5, 5.41) is 9.31. The van der Waals surface area contributed by atoms with E-state index in [0.717, 1.165) is 22.6 Å². The molecule has 0 amide bonds. The Labute approximate surface area is 204 Å². The molecule has 4 rings (SSSR count). The van der Waals surface area contributed by atoms with Crippen molar-refractivity contribution in [2.45, 2.75) is 33.7 Å². The molecule has 1 aromatic heterocycles. The van der Waals surface area contributed by atoms with Crippen LogP contribution >= 0.6 is 0 Å². The van der Waals surface area contributed by atoms with Crippen LogP contribution in [0.15, 0.2) is 70.4 Å². The molecule has 0 aliphatic carbocycles. The number of benzene rings is 2. The summed E-state index contributed by atoms with van der Waals surface area (Å²) in [4.78, 5) is 33.0. The molecule has 1 heterocycles. The molecule has 8 heteroatoms. The van der Waals surface area contributed by atoms with Gasteiger partial charge in [-0.2, -0.15) is 4.98 Å². The van der Waals surface area contributed by atoms with Gasteiger partial charge in [-0.15, -0.1) is 0 Å². The van der Waals surface area contributed by atoms with Crippen molar-refractivity contribution in [2.75, 3.05) is 23.1 Å². The van der Waals surface area contributed by atoms with E-state index in [4.69, 9.17) is 4.74 Å². The molecule has 0 aliphatic heterocycles. The summed E-state index contributed by atoms with van der Waals surface area (Å²) in [5.74, 6) is 1.57. The Bertz CT molecular complexity index is 1400. The van der Waals surface area contributed by atoms with Gasteiger partial charge >= 0.3 is 0 Å². The quantitative estimate of drug-likeness (QED) is 0.306. The number of hydrogen-bond acceptors (Lipinski definition) is 8. The third-order valence-electron chi connectivity index (χ3n) is 6.04. The fourth-order valence-electron chi connectivity index (χ4n) is 3.44. The van der Waals surface area contributed by atoms with E-state index in [1.54, 1.807) is 19.4 Å². The lowest BCUT2D eigenvalue weighted by Gasteiger charge is -2.30. The zero-order valence-electron chi connectivity index (χ0n) is 20.5. The van der Waals surface area contributed by atoms with Gasteiger partial charge in [0.25, 0.3) is 10.9 Å². The molecule has 8 nitrogen and oxygen atoms in total. The van der Waals surface area contributed by atoms with Crippen LogP contribution in [0.2, 0.25) is 0 Å². The third-order valence-corrected chi connectivity index (χ3v) is 6.04. The van der Waals surface area contributed by atoms with E-state index in [-0.39, 0.29) is 22.8 Å². The molecule has 180 valence electrons. The number of aromatic nitrogens is 2. The maximum absolute atomic E-state index is 12.2. The highest BCUT2D eigenvalue weighted by molar-refractivity contribution is 5.78. The normalized spacial score (nSPS) is 12.3. The average molecular weight is 472 g/mol. The van der Waals surface area contributed by atoms with Crippen molar-refractivity contribution in [1.29, 1.82) is 0 Å². The van der Waals surface area contributed by atoms with E-state index in [9.17, 15) is 9.59 Å². The zero-order chi connectivity index (χ0) is 25.2. The van der Waals surface area contributed by atoms with E-state index in [1.165, 1.54) is 0 Å². The minimum absolute atomic E-state index is 0.00666. The van der Waals surface area contributed by atoms with Crippen LogP contribution in [0.25, 0.3) is 11.1 Å². The molecule has 35 heavy (non-hydrogen) atoms. The fraction of sp³-hybridized carbons (Fsp3) is 0.259. The van der Waals surface area contributed by atoms with Crippen LogP contribution in [0.5, 0.6) is 5.75 Å². The van der Waals surface area contributed by atoms with Crippen molar-refractivity contribution in [2.24, 2.45) is 5.41 Å². The summed E-state index contributed by atoms with van der Waals surface area (Å²) in [7, 11) is 1.65. The van der Waals surface area contributed by atoms with Crippen LogP contribution in [-0.2, 0) is 0 Å². The van der Waals surface area contributed by atoms with Crippen LogP contribution in [0.4, 0.5) is 28.8 Å². The monoisotopic (exact) mass is 471 g/mol. The average Bonchev–Trinajstić information content (AvgIpc) is 2.86. The molecule has 1 atom stereocenters. The third kappa shape index (κ3) is 5.16. The zero-order valence-corrected chi connectivity index (χ0v) is 20.5. The first kappa shape index (κ1) is 23.9. The Balaban J connectivity index is 1.49. The van der Waals surface area contributed by atoms with Crippen molar-refractivity contribution in [3.63, 3.8) is 0 Å². The summed E-state index contributed by atoms with van der Waals surface area (Å²) in [6.45, 7) is 8.17. The lowest BCUT2D eigenvalue weighted by molar-refractivity contribution is 0.359. The second-order valence-corrected chi connectivity index (χ2v) is 9.43. The van der Waals surface area contributed by atoms with Gasteiger partial charge < -0.3 is 20.7 Å². The summed E-state index contributed by atoms with van der Waals surface area (Å²) in [6.07, 6.45) is 1.58. The molecule has 0 saturated carbocycles. The van der Waals surface area contributed by atoms with Gasteiger partial charge in [-0.25, -0.2) is 4.98 Å². The van der Waals surface area contributed by atoms with E-state index >= 15 is 0 Å². The Morgan fingerprint density at radius 3 is 2.26 bits per heavy atom. The molecule has 0 aliphatic rings. The lowest BCUT2D eigenvalue weighted by atomic mass is 9.87. The van der Waals surface area contributed by atoms with E-state index in [1.807, 2.05) is 55.5 Å². The number of nitrogens with zero attached hydrogens (tertiary/aromatic N) is 2. The molecule has 0 spiro atoms. The smallest absolute Gasteiger partial charge is 0.253 e. The van der Waals surface area contributed by atoms with Gasteiger partial charge in [0.1, 0.15) is 22.9 Å². The number of anilines is 5. The molecule has 4 aromatic rings. The van der Waals surface area contributed by atoms with Crippen LogP contribution < -0.4 is 31.5 Å². The van der Waals surface area contributed by atoms with E-state index < -0.39 is 10.9 Å². The predicted octanol–water partition coefficient (Wildman–Crippen LogP) is 5.08. The largest absolute Gasteiger partial charge is 0.496 e. The second kappa shape index (κ2) is 9.58. The number of para-hydroxylation sites is 1. The van der Waals surface area contributed by atoms with Crippen LogP contribution in [0.1, 0.15) is 27.7 Å². The maximum Gasteiger partial charge on any atom is 0.253 e. The molecular weight excluding hydrogens is 442 g/mol. The van der Waals surface area contributed by atoms with Gasteiger partial charge in [-0.05, 0) is 42.2 Å². The van der Waals surface area contributed by atoms with E-state index in [2.05, 4.69) is 46.7 Å². The molecule has 0 saturated heterocycles. The minimum atomic E-state index is -0.561. The summed E-state index contributed by atoms with van der Waals surface area (Å²) in [6, 6.07) is 17.3. The first-order valence-corrected chi connectivity index (χ1v) is 11.4. The molecule has 3 aromatic carbocycles. The Morgan fingerprint density at radius 2 is 1.57 bits per heavy atom. The van der Waals surface area contributed by atoms with Gasteiger partial charge in [-0.1, -0.05) is 51.1 Å². The van der Waals surface area contributed by atoms with E-state index in [0.29, 0.717) is 11.8 Å². The van der Waals surface area contributed by atoms with Crippen LogP contribution in [0.3, 0.4) is 0 Å². The highest BCUT2D eigenvalue weighted by Gasteiger charge is 2.27. The first-order chi connectivity index (χ1) is 16.7. The van der Waals surface area contributed by atoms with Gasteiger partial charge in [0, 0.05) is 23.5 Å². The summed E-state index contributed by atoms with van der Waals surface area (Å²) in [5.41, 5.74) is 2.17. The fourth-order valence-corrected chi connectivity index (χ4v) is 3.44. The first-order valence-electron chi connectivity index (χ1n) is 11.4. The van der Waals surface area contributed by atoms with Crippen molar-refractivity contribution in [3.8, 4) is 16.9 Å². The summed E-state index contributed by atoms with van der Waals surface area (Å²) < 4.78 is 5.45. The molecule has 0 fully saturated rings. The standard InChI is InChI=1S/C27H29N5O3/c1-16(27(2,3)4)29-22-23(25(34)24(22)33)31-21-14-15-28-26(32-21)30-18-12-10-17(11-13-18)19-8-6-7-9-20(19)35-5/h6-16,29H,1-5H3,(H2,28,30,31,32). The SMILES string of the molecule is COc1ccccc1-c1ccc(Nc2nccc(Nc3c(NC(C)C(C)(C)C)c(=O)c3=O)n2)cc1. The number of rotatable bonds is 8. The number of hydrogen-bond donors (Lipinski definition) is 3. The second-order valence-electron chi connectivity index (χ2n) is 9.43. The Kier molecular flexibility index (Phi) is 6.55. The number of ether oxygens (including phenoxy) is 1. The van der Waals surface area contributed by atoms with Gasteiger partial charge in [0.15, 0.2) is 0 Å². The topological polar surface area (TPSA) is 105 Å². The molecule has 1 unspecified atom stereocenters. The van der Waals surface area contributed by atoms with Crippen molar-refractivity contribution in [3.05, 3.63) is 81.2 Å². The Morgan fingerprint density at radius 1 is 0.886 bits per heavy atom. The van der Waals surface area contributed by atoms with Crippen LogP contribution in [0, 0.1) is 5.41 Å². The number of methoxy groups -OCH3 is 1. The van der Waals surface area contributed by atoms with Gasteiger partial charge in [0.05, 0.1) is 7.11 Å². The maximum atomic E-state index is 12.2. The molecule has 3 N–H and O–H groups in total. The van der Waals surface area contributed by atoms with Crippen molar-refractivity contribution < 1.29 is 4.74 Å². The van der Waals surface area contributed by atoms with Gasteiger partial charge in [0.2, 0.25) is 5.95 Å². The van der Waals surface area contributed by atoms with Crippen molar-refractivity contribution in [1.82, 2.24) is 9.97 Å².